The topological polar surface area (TPSA) is 92.7 Å². The van der Waals surface area contributed by atoms with Crippen LogP contribution in [0, 0.1) is 11.3 Å². The summed E-state index contributed by atoms with van der Waals surface area (Å²) in [6.45, 7) is 7.29. The quantitative estimate of drug-likeness (QED) is 0.661. The van der Waals surface area contributed by atoms with Gasteiger partial charge in [-0.2, -0.15) is 0 Å². The predicted molar refractivity (Wildman–Crippen MR) is 74.1 cm³/mol. The molecule has 0 aromatic carbocycles. The Labute approximate surface area is 119 Å². The van der Waals surface area contributed by atoms with Crippen molar-refractivity contribution < 1.29 is 24.2 Å². The molecule has 0 aliphatic carbocycles. The summed E-state index contributed by atoms with van der Waals surface area (Å²) >= 11 is 0. The highest BCUT2D eigenvalue weighted by Gasteiger charge is 2.28. The Hall–Kier alpha value is -1.59. The molecule has 0 fully saturated rings. The molecular formula is C14H25NO5. The Kier molecular flexibility index (Phi) is 7.24. The van der Waals surface area contributed by atoms with E-state index >= 15 is 0 Å². The monoisotopic (exact) mass is 287 g/mol. The zero-order valence-electron chi connectivity index (χ0n) is 12.9. The van der Waals surface area contributed by atoms with Gasteiger partial charge in [0.1, 0.15) is 6.04 Å². The third-order valence-corrected chi connectivity index (χ3v) is 2.80. The zero-order valence-corrected chi connectivity index (χ0v) is 12.9. The van der Waals surface area contributed by atoms with Crippen LogP contribution in [-0.2, 0) is 19.1 Å². The van der Waals surface area contributed by atoms with Gasteiger partial charge >= 0.3 is 11.9 Å². The van der Waals surface area contributed by atoms with Crippen molar-refractivity contribution in [3.8, 4) is 0 Å². The first-order chi connectivity index (χ1) is 9.07. The van der Waals surface area contributed by atoms with Gasteiger partial charge in [-0.05, 0) is 17.8 Å². The fourth-order valence-corrected chi connectivity index (χ4v) is 1.98. The van der Waals surface area contributed by atoms with Crippen molar-refractivity contribution in [2.45, 2.75) is 53.0 Å². The Morgan fingerprint density at radius 3 is 2.15 bits per heavy atom. The van der Waals surface area contributed by atoms with Gasteiger partial charge in [0.15, 0.2) is 0 Å². The SMILES string of the molecule is COC(=O)C(CC(C)C)NC(=O)CC(C)(C)CC(=O)O. The van der Waals surface area contributed by atoms with E-state index in [1.807, 2.05) is 13.8 Å². The summed E-state index contributed by atoms with van der Waals surface area (Å²) in [5, 5.41) is 11.4. The average Bonchev–Trinajstić information content (AvgIpc) is 2.23. The third kappa shape index (κ3) is 7.76. The molecule has 0 radical (unpaired) electrons. The summed E-state index contributed by atoms with van der Waals surface area (Å²) in [4.78, 5) is 34.2. The molecule has 0 rings (SSSR count). The lowest BCUT2D eigenvalue weighted by molar-refractivity contribution is -0.146. The van der Waals surface area contributed by atoms with E-state index in [4.69, 9.17) is 5.11 Å². The van der Waals surface area contributed by atoms with Gasteiger partial charge in [0.25, 0.3) is 0 Å². The van der Waals surface area contributed by atoms with Crippen LogP contribution in [0.5, 0.6) is 0 Å². The van der Waals surface area contributed by atoms with E-state index in [2.05, 4.69) is 10.1 Å². The van der Waals surface area contributed by atoms with Crippen molar-refractivity contribution in [2.75, 3.05) is 7.11 Å². The maximum atomic E-state index is 11.9. The largest absolute Gasteiger partial charge is 0.481 e. The molecule has 6 nitrogen and oxygen atoms in total. The van der Waals surface area contributed by atoms with Gasteiger partial charge in [-0.15, -0.1) is 0 Å². The first kappa shape index (κ1) is 18.4. The summed E-state index contributed by atoms with van der Waals surface area (Å²) in [5.74, 6) is -1.55. The van der Waals surface area contributed by atoms with E-state index in [0.717, 1.165) is 0 Å². The van der Waals surface area contributed by atoms with Crippen molar-refractivity contribution in [2.24, 2.45) is 11.3 Å². The second-order valence-electron chi connectivity index (χ2n) is 6.18. The van der Waals surface area contributed by atoms with Crippen LogP contribution in [0.25, 0.3) is 0 Å². The van der Waals surface area contributed by atoms with Gasteiger partial charge in [0, 0.05) is 6.42 Å². The van der Waals surface area contributed by atoms with E-state index in [0.29, 0.717) is 6.42 Å². The molecule has 0 saturated carbocycles. The Bertz CT molecular complexity index is 363. The molecule has 20 heavy (non-hydrogen) atoms. The number of carbonyl (C=O) groups excluding carboxylic acids is 2. The smallest absolute Gasteiger partial charge is 0.328 e. The lowest BCUT2D eigenvalue weighted by Crippen LogP contribution is -2.43. The summed E-state index contributed by atoms with van der Waals surface area (Å²) in [7, 11) is 1.27. The van der Waals surface area contributed by atoms with E-state index in [-0.39, 0.29) is 24.7 Å². The maximum Gasteiger partial charge on any atom is 0.328 e. The number of aliphatic carboxylic acids is 1. The lowest BCUT2D eigenvalue weighted by Gasteiger charge is -2.24. The highest BCUT2D eigenvalue weighted by atomic mass is 16.5. The molecule has 1 unspecified atom stereocenters. The minimum atomic E-state index is -0.950. The van der Waals surface area contributed by atoms with Gasteiger partial charge in [-0.3, -0.25) is 9.59 Å². The van der Waals surface area contributed by atoms with E-state index < -0.39 is 23.4 Å². The fraction of sp³-hybridized carbons (Fsp3) is 0.786. The number of esters is 1. The number of carboxylic acid groups (broad SMARTS) is 1. The highest BCUT2D eigenvalue weighted by Crippen LogP contribution is 2.25. The van der Waals surface area contributed by atoms with Gasteiger partial charge in [-0.1, -0.05) is 27.7 Å². The number of hydrogen-bond donors (Lipinski definition) is 2. The van der Waals surface area contributed by atoms with Crippen LogP contribution < -0.4 is 5.32 Å². The Morgan fingerprint density at radius 1 is 1.20 bits per heavy atom. The number of carbonyl (C=O) groups is 3. The average molecular weight is 287 g/mol. The molecule has 0 heterocycles. The summed E-state index contributed by atoms with van der Waals surface area (Å²) in [5.41, 5.74) is -0.658. The number of nitrogens with one attached hydrogen (secondary N) is 1. The lowest BCUT2D eigenvalue weighted by atomic mass is 9.85. The summed E-state index contributed by atoms with van der Waals surface area (Å²) < 4.78 is 4.66. The van der Waals surface area contributed by atoms with E-state index in [9.17, 15) is 14.4 Å². The molecular weight excluding hydrogens is 262 g/mol. The predicted octanol–water partition coefficient (Wildman–Crippen LogP) is 1.58. The number of methoxy groups -OCH3 is 1. The fourth-order valence-electron chi connectivity index (χ4n) is 1.98. The van der Waals surface area contributed by atoms with Crippen molar-refractivity contribution in [1.82, 2.24) is 5.32 Å². The number of ether oxygens (including phenoxy) is 1. The van der Waals surface area contributed by atoms with Crippen molar-refractivity contribution in [3.05, 3.63) is 0 Å². The van der Waals surface area contributed by atoms with Gasteiger partial charge < -0.3 is 15.2 Å². The second-order valence-corrected chi connectivity index (χ2v) is 6.18. The number of amides is 1. The molecule has 6 heteroatoms. The number of rotatable bonds is 8. The minimum Gasteiger partial charge on any atom is -0.481 e. The number of hydrogen-bond acceptors (Lipinski definition) is 4. The molecule has 0 aromatic rings. The third-order valence-electron chi connectivity index (χ3n) is 2.80. The molecule has 1 atom stereocenters. The molecule has 2 N–H and O–H groups in total. The zero-order chi connectivity index (χ0) is 15.9. The van der Waals surface area contributed by atoms with Crippen LogP contribution in [-0.4, -0.2) is 36.1 Å². The minimum absolute atomic E-state index is 0.0465. The molecule has 0 aliphatic heterocycles. The first-order valence-electron chi connectivity index (χ1n) is 6.66. The van der Waals surface area contributed by atoms with Crippen LogP contribution in [0.15, 0.2) is 0 Å². The molecule has 116 valence electrons. The molecule has 0 aliphatic rings. The van der Waals surface area contributed by atoms with Crippen LogP contribution in [0.4, 0.5) is 0 Å². The Morgan fingerprint density at radius 2 is 1.75 bits per heavy atom. The molecule has 0 bridgehead atoms. The molecule has 0 saturated heterocycles. The van der Waals surface area contributed by atoms with Crippen LogP contribution in [0.2, 0.25) is 0 Å². The molecule has 0 aromatic heterocycles. The van der Waals surface area contributed by atoms with E-state index in [1.165, 1.54) is 7.11 Å². The van der Waals surface area contributed by atoms with Crippen LogP contribution >= 0.6 is 0 Å². The van der Waals surface area contributed by atoms with Crippen LogP contribution in [0.3, 0.4) is 0 Å². The molecule has 1 amide bonds. The van der Waals surface area contributed by atoms with E-state index in [1.54, 1.807) is 13.8 Å². The van der Waals surface area contributed by atoms with Crippen molar-refractivity contribution in [3.63, 3.8) is 0 Å². The first-order valence-corrected chi connectivity index (χ1v) is 6.66. The van der Waals surface area contributed by atoms with Gasteiger partial charge in [-0.25, -0.2) is 4.79 Å². The maximum absolute atomic E-state index is 11.9. The Balaban J connectivity index is 4.60. The summed E-state index contributed by atoms with van der Waals surface area (Å²) in [6, 6.07) is -0.687. The van der Waals surface area contributed by atoms with Crippen molar-refractivity contribution in [1.29, 1.82) is 0 Å². The summed E-state index contributed by atoms with van der Waals surface area (Å²) in [6.07, 6.45) is 0.427. The standard InChI is InChI=1S/C14H25NO5/c1-9(2)6-10(13(19)20-5)15-11(16)7-14(3,4)8-12(17)18/h9-10H,6-8H2,1-5H3,(H,15,16)(H,17,18). The van der Waals surface area contributed by atoms with Gasteiger partial charge in [0.05, 0.1) is 13.5 Å². The number of carboxylic acids is 1. The molecule has 0 spiro atoms. The van der Waals surface area contributed by atoms with Crippen molar-refractivity contribution >= 4 is 17.8 Å². The van der Waals surface area contributed by atoms with Crippen LogP contribution in [0.1, 0.15) is 47.0 Å². The second kappa shape index (κ2) is 7.87. The highest BCUT2D eigenvalue weighted by molar-refractivity contribution is 5.85. The van der Waals surface area contributed by atoms with Gasteiger partial charge in [0.2, 0.25) is 5.91 Å². The normalized spacial score (nSPS) is 12.9.